The zero-order valence-electron chi connectivity index (χ0n) is 8.35. The zero-order valence-corrected chi connectivity index (χ0v) is 8.35. The van der Waals surface area contributed by atoms with Crippen LogP contribution in [0.3, 0.4) is 0 Å². The first-order chi connectivity index (χ1) is 5.66. The van der Waals surface area contributed by atoms with E-state index < -0.39 is 0 Å². The van der Waals surface area contributed by atoms with Crippen molar-refractivity contribution in [3.63, 3.8) is 0 Å². The minimum atomic E-state index is 0.541. The fourth-order valence-electron chi connectivity index (χ4n) is 0.494. The van der Waals surface area contributed by atoms with Crippen molar-refractivity contribution in [3.8, 4) is 0 Å². The molecule has 0 unspecified atom stereocenters. The quantitative estimate of drug-likeness (QED) is 0.631. The molecule has 0 aromatic heterocycles. The third-order valence-corrected chi connectivity index (χ3v) is 0.902. The van der Waals surface area contributed by atoms with Crippen LogP contribution in [0.1, 0.15) is 20.8 Å². The van der Waals surface area contributed by atoms with Crippen LogP contribution in [0.25, 0.3) is 0 Å². The molecule has 0 amide bonds. The van der Waals surface area contributed by atoms with Crippen LogP contribution in [0.2, 0.25) is 0 Å². The lowest BCUT2D eigenvalue weighted by Gasteiger charge is -1.99. The van der Waals surface area contributed by atoms with Crippen molar-refractivity contribution in [2.75, 3.05) is 6.54 Å². The van der Waals surface area contributed by atoms with Gasteiger partial charge in [-0.05, 0) is 19.1 Å². The molecule has 0 saturated carbocycles. The predicted molar refractivity (Wildman–Crippen MR) is 56.6 cm³/mol. The first-order valence-corrected chi connectivity index (χ1v) is 4.22. The number of rotatable bonds is 4. The van der Waals surface area contributed by atoms with E-state index in [9.17, 15) is 0 Å². The first kappa shape index (κ1) is 13.4. The topological polar surface area (TPSA) is 38.0 Å². The minimum absolute atomic E-state index is 0.541. The van der Waals surface area contributed by atoms with Gasteiger partial charge in [0.25, 0.3) is 0 Å². The molecule has 2 heteroatoms. The van der Waals surface area contributed by atoms with Gasteiger partial charge in [0.05, 0.1) is 0 Å². The third-order valence-electron chi connectivity index (χ3n) is 0.902. The smallest absolute Gasteiger partial charge is 0.0267 e. The van der Waals surface area contributed by atoms with Gasteiger partial charge in [0.2, 0.25) is 0 Å². The van der Waals surface area contributed by atoms with E-state index in [1.165, 1.54) is 0 Å². The van der Waals surface area contributed by atoms with Gasteiger partial charge < -0.3 is 11.1 Å². The Kier molecular flexibility index (Phi) is 11.0. The maximum absolute atomic E-state index is 5.29. The van der Waals surface area contributed by atoms with Crippen LogP contribution in [0.15, 0.2) is 36.7 Å². The highest BCUT2D eigenvalue weighted by molar-refractivity contribution is 5.20. The molecule has 0 saturated heterocycles. The van der Waals surface area contributed by atoms with E-state index in [0.29, 0.717) is 5.70 Å². The normalized spacial score (nSPS) is 8.58. The molecule has 12 heavy (non-hydrogen) atoms. The van der Waals surface area contributed by atoms with Gasteiger partial charge in [0.1, 0.15) is 0 Å². The second-order valence-corrected chi connectivity index (χ2v) is 1.96. The molecule has 0 rings (SSSR count). The Morgan fingerprint density at radius 1 is 1.33 bits per heavy atom. The van der Waals surface area contributed by atoms with Crippen molar-refractivity contribution in [3.05, 3.63) is 36.7 Å². The Bertz CT molecular complexity index is 157. The summed E-state index contributed by atoms with van der Waals surface area (Å²) in [7, 11) is 0. The highest BCUT2D eigenvalue weighted by atomic mass is 14.9. The van der Waals surface area contributed by atoms with Gasteiger partial charge in [0.15, 0.2) is 0 Å². The molecule has 0 aromatic rings. The van der Waals surface area contributed by atoms with Crippen LogP contribution >= 0.6 is 0 Å². The molecular weight excluding hydrogens is 148 g/mol. The summed E-state index contributed by atoms with van der Waals surface area (Å²) in [4.78, 5) is 0. The number of nitrogens with one attached hydrogen (secondary N) is 1. The Labute approximate surface area is 75.9 Å². The molecule has 70 valence electrons. The number of allylic oxidation sites excluding steroid dienone is 2. The van der Waals surface area contributed by atoms with E-state index in [-0.39, 0.29) is 0 Å². The molecular formula is C10H20N2. The molecule has 0 atom stereocenters. The van der Waals surface area contributed by atoms with Gasteiger partial charge in [-0.25, -0.2) is 0 Å². The van der Waals surface area contributed by atoms with Crippen LogP contribution in [0, 0.1) is 0 Å². The van der Waals surface area contributed by atoms with Crippen LogP contribution < -0.4 is 11.1 Å². The number of nitrogens with two attached hydrogens (primary N) is 1. The summed E-state index contributed by atoms with van der Waals surface area (Å²) in [6.07, 6.45) is 3.51. The van der Waals surface area contributed by atoms with Crippen molar-refractivity contribution in [2.24, 2.45) is 5.73 Å². The van der Waals surface area contributed by atoms with E-state index in [1.807, 2.05) is 20.8 Å². The van der Waals surface area contributed by atoms with Crippen molar-refractivity contribution in [2.45, 2.75) is 20.8 Å². The molecule has 3 N–H and O–H groups in total. The maximum Gasteiger partial charge on any atom is 0.0267 e. The van der Waals surface area contributed by atoms with Crippen molar-refractivity contribution < 1.29 is 0 Å². The Morgan fingerprint density at radius 3 is 2.17 bits per heavy atom. The minimum Gasteiger partial charge on any atom is -0.399 e. The van der Waals surface area contributed by atoms with Crippen LogP contribution in [-0.2, 0) is 0 Å². The van der Waals surface area contributed by atoms with E-state index in [2.05, 4.69) is 18.5 Å². The summed E-state index contributed by atoms with van der Waals surface area (Å²) in [5.41, 5.74) is 6.68. The van der Waals surface area contributed by atoms with Crippen LogP contribution in [0.4, 0.5) is 0 Å². The summed E-state index contributed by atoms with van der Waals surface area (Å²) in [5, 5.41) is 3.02. The highest BCUT2D eigenvalue weighted by Gasteiger charge is 1.81. The lowest BCUT2D eigenvalue weighted by molar-refractivity contribution is 0.882. The second-order valence-electron chi connectivity index (χ2n) is 1.96. The van der Waals surface area contributed by atoms with E-state index in [1.54, 1.807) is 12.2 Å². The van der Waals surface area contributed by atoms with Gasteiger partial charge >= 0.3 is 0 Å². The molecule has 0 aliphatic carbocycles. The van der Waals surface area contributed by atoms with E-state index in [0.717, 1.165) is 12.2 Å². The number of likely N-dealkylation sites (N-methyl/N-ethyl adjacent to an activating group) is 1. The van der Waals surface area contributed by atoms with Gasteiger partial charge in [-0.3, -0.25) is 0 Å². The molecule has 0 spiro atoms. The molecule has 0 radical (unpaired) electrons. The van der Waals surface area contributed by atoms with Crippen LogP contribution in [0.5, 0.6) is 0 Å². The monoisotopic (exact) mass is 168 g/mol. The Morgan fingerprint density at radius 2 is 1.83 bits per heavy atom. The second kappa shape index (κ2) is 9.82. The summed E-state index contributed by atoms with van der Waals surface area (Å²) >= 11 is 0. The van der Waals surface area contributed by atoms with Crippen molar-refractivity contribution in [1.29, 1.82) is 0 Å². The van der Waals surface area contributed by atoms with E-state index >= 15 is 0 Å². The molecule has 0 aromatic carbocycles. The lowest BCUT2D eigenvalue weighted by atomic mass is 10.3. The van der Waals surface area contributed by atoms with Crippen molar-refractivity contribution in [1.82, 2.24) is 5.32 Å². The SMILES string of the molecule is C=C(N)/C=C\C(=C)NCC.CC. The average molecular weight is 168 g/mol. The summed E-state index contributed by atoms with van der Waals surface area (Å²) in [6, 6.07) is 0. The standard InChI is InChI=1S/C8H14N2.C2H6/c1-4-10-8(3)6-5-7(2)9;1-2/h5-6,10H,2-4,9H2,1H3;1-2H3/b6-5-;. The molecule has 0 aliphatic rings. The van der Waals surface area contributed by atoms with Gasteiger partial charge in [-0.1, -0.05) is 27.0 Å². The lowest BCUT2D eigenvalue weighted by Crippen LogP contribution is -2.08. The Hall–Kier alpha value is -1.18. The molecule has 0 heterocycles. The highest BCUT2D eigenvalue weighted by Crippen LogP contribution is 1.88. The molecule has 0 bridgehead atoms. The first-order valence-electron chi connectivity index (χ1n) is 4.22. The largest absolute Gasteiger partial charge is 0.399 e. The van der Waals surface area contributed by atoms with Crippen molar-refractivity contribution >= 4 is 0 Å². The average Bonchev–Trinajstić information content (AvgIpc) is 2.05. The third kappa shape index (κ3) is 11.6. The molecule has 2 nitrogen and oxygen atoms in total. The fraction of sp³-hybridized carbons (Fsp3) is 0.400. The zero-order chi connectivity index (χ0) is 9.98. The van der Waals surface area contributed by atoms with Gasteiger partial charge in [-0.2, -0.15) is 0 Å². The number of hydrogen-bond donors (Lipinski definition) is 2. The van der Waals surface area contributed by atoms with Crippen LogP contribution in [-0.4, -0.2) is 6.54 Å². The summed E-state index contributed by atoms with van der Waals surface area (Å²) < 4.78 is 0. The predicted octanol–water partition coefficient (Wildman–Crippen LogP) is 2.16. The van der Waals surface area contributed by atoms with E-state index in [4.69, 9.17) is 5.73 Å². The van der Waals surface area contributed by atoms with Gasteiger partial charge in [0, 0.05) is 17.9 Å². The number of hydrogen-bond acceptors (Lipinski definition) is 2. The summed E-state index contributed by atoms with van der Waals surface area (Å²) in [6.45, 7) is 14.1. The Balaban J connectivity index is 0. The maximum atomic E-state index is 5.29. The molecule has 0 fully saturated rings. The van der Waals surface area contributed by atoms with Gasteiger partial charge in [-0.15, -0.1) is 0 Å². The molecule has 0 aliphatic heterocycles. The summed E-state index contributed by atoms with van der Waals surface area (Å²) in [5.74, 6) is 0. The fourth-order valence-corrected chi connectivity index (χ4v) is 0.494.